The first-order chi connectivity index (χ1) is 9.64. The molecule has 1 rings (SSSR count). The third-order valence-corrected chi connectivity index (χ3v) is 4.73. The topological polar surface area (TPSA) is 66.5 Å². The standard InChI is InChI=1S/C13H18Cl2N2O3S/c1-9(2)13(18)16-7-8-17(21(3,19)20)11-6-4-5-10(14)12(11)15/h4-6,9H,7-8H2,1-3H3,(H,16,18). The summed E-state index contributed by atoms with van der Waals surface area (Å²) in [5.41, 5.74) is 0.297. The SMILES string of the molecule is CC(C)C(=O)NCCN(c1cccc(Cl)c1Cl)S(C)(=O)=O. The fourth-order valence-electron chi connectivity index (χ4n) is 1.63. The van der Waals surface area contributed by atoms with E-state index in [2.05, 4.69) is 5.32 Å². The fourth-order valence-corrected chi connectivity index (χ4v) is 3.01. The smallest absolute Gasteiger partial charge is 0.232 e. The summed E-state index contributed by atoms with van der Waals surface area (Å²) in [6.45, 7) is 3.79. The summed E-state index contributed by atoms with van der Waals surface area (Å²) in [5, 5.41) is 3.11. The van der Waals surface area contributed by atoms with Gasteiger partial charge in [-0.05, 0) is 12.1 Å². The van der Waals surface area contributed by atoms with Crippen molar-refractivity contribution in [2.45, 2.75) is 13.8 Å². The lowest BCUT2D eigenvalue weighted by Gasteiger charge is -2.24. The molecule has 1 aromatic carbocycles. The first-order valence-corrected chi connectivity index (χ1v) is 8.94. The van der Waals surface area contributed by atoms with Crippen LogP contribution in [0.4, 0.5) is 5.69 Å². The number of sulfonamides is 1. The van der Waals surface area contributed by atoms with Gasteiger partial charge < -0.3 is 5.32 Å². The minimum Gasteiger partial charge on any atom is -0.354 e. The molecule has 0 fully saturated rings. The molecule has 0 spiro atoms. The van der Waals surface area contributed by atoms with Crippen LogP contribution in [-0.2, 0) is 14.8 Å². The van der Waals surface area contributed by atoms with E-state index < -0.39 is 10.0 Å². The van der Waals surface area contributed by atoms with E-state index in [-0.39, 0.29) is 35.0 Å². The number of benzene rings is 1. The second-order valence-corrected chi connectivity index (χ2v) is 7.55. The normalized spacial score (nSPS) is 11.5. The number of hydrogen-bond acceptors (Lipinski definition) is 3. The van der Waals surface area contributed by atoms with Crippen LogP contribution in [0, 0.1) is 5.92 Å². The number of rotatable bonds is 6. The summed E-state index contributed by atoms with van der Waals surface area (Å²) in [4.78, 5) is 11.5. The maximum absolute atomic E-state index is 11.9. The molecular formula is C13H18Cl2N2O3S. The van der Waals surface area contributed by atoms with Gasteiger partial charge in [-0.25, -0.2) is 8.42 Å². The summed E-state index contributed by atoms with van der Waals surface area (Å²) < 4.78 is 25.0. The van der Waals surface area contributed by atoms with Crippen LogP contribution in [0.15, 0.2) is 18.2 Å². The maximum atomic E-state index is 11.9. The molecule has 0 radical (unpaired) electrons. The molecule has 0 aromatic heterocycles. The van der Waals surface area contributed by atoms with Gasteiger partial charge >= 0.3 is 0 Å². The fraction of sp³-hybridized carbons (Fsp3) is 0.462. The molecule has 0 unspecified atom stereocenters. The van der Waals surface area contributed by atoms with E-state index in [4.69, 9.17) is 23.2 Å². The van der Waals surface area contributed by atoms with Crippen LogP contribution in [0.1, 0.15) is 13.8 Å². The van der Waals surface area contributed by atoms with Crippen LogP contribution >= 0.6 is 23.2 Å². The van der Waals surface area contributed by atoms with Crippen molar-refractivity contribution in [3.8, 4) is 0 Å². The van der Waals surface area contributed by atoms with Crippen LogP contribution in [0.2, 0.25) is 10.0 Å². The van der Waals surface area contributed by atoms with Crippen LogP contribution in [0.3, 0.4) is 0 Å². The van der Waals surface area contributed by atoms with E-state index >= 15 is 0 Å². The Morgan fingerprint density at radius 2 is 1.95 bits per heavy atom. The van der Waals surface area contributed by atoms with E-state index in [0.717, 1.165) is 10.6 Å². The third-order valence-electron chi connectivity index (χ3n) is 2.74. The molecule has 1 amide bonds. The molecule has 21 heavy (non-hydrogen) atoms. The molecule has 1 aromatic rings. The van der Waals surface area contributed by atoms with Crippen molar-refractivity contribution in [1.29, 1.82) is 0 Å². The molecule has 0 aliphatic heterocycles. The number of nitrogens with one attached hydrogen (secondary N) is 1. The van der Waals surface area contributed by atoms with Crippen LogP contribution < -0.4 is 9.62 Å². The third kappa shape index (κ3) is 5.05. The van der Waals surface area contributed by atoms with Gasteiger partial charge in [0, 0.05) is 12.5 Å². The number of anilines is 1. The Morgan fingerprint density at radius 1 is 1.33 bits per heavy atom. The van der Waals surface area contributed by atoms with Crippen molar-refractivity contribution in [2.24, 2.45) is 5.92 Å². The highest BCUT2D eigenvalue weighted by molar-refractivity contribution is 7.92. The van der Waals surface area contributed by atoms with Crippen molar-refractivity contribution in [1.82, 2.24) is 5.32 Å². The molecule has 0 saturated heterocycles. The number of carbonyl (C=O) groups is 1. The van der Waals surface area contributed by atoms with Gasteiger partial charge in [0.25, 0.3) is 0 Å². The Kier molecular flexibility index (Phi) is 6.31. The zero-order chi connectivity index (χ0) is 16.2. The van der Waals surface area contributed by atoms with E-state index in [0.29, 0.717) is 5.69 Å². The number of carbonyl (C=O) groups excluding carboxylic acids is 1. The Bertz CT molecular complexity index is 618. The molecule has 0 bridgehead atoms. The van der Waals surface area contributed by atoms with Gasteiger partial charge in [0.1, 0.15) is 0 Å². The summed E-state index contributed by atoms with van der Waals surface area (Å²) in [5.74, 6) is -0.299. The quantitative estimate of drug-likeness (QED) is 0.855. The predicted octanol–water partition coefficient (Wildman–Crippen LogP) is 2.53. The lowest BCUT2D eigenvalue weighted by Crippen LogP contribution is -2.39. The van der Waals surface area contributed by atoms with Gasteiger partial charge in [0.15, 0.2) is 0 Å². The molecule has 0 heterocycles. The van der Waals surface area contributed by atoms with Crippen LogP contribution in [0.5, 0.6) is 0 Å². The maximum Gasteiger partial charge on any atom is 0.232 e. The van der Waals surface area contributed by atoms with Crippen molar-refractivity contribution >= 4 is 44.8 Å². The largest absolute Gasteiger partial charge is 0.354 e. The molecule has 0 aliphatic carbocycles. The minimum absolute atomic E-state index is 0.0807. The Labute approximate surface area is 135 Å². The van der Waals surface area contributed by atoms with E-state index in [1.54, 1.807) is 32.0 Å². The molecule has 0 aliphatic rings. The molecule has 5 nitrogen and oxygen atoms in total. The average molecular weight is 353 g/mol. The summed E-state index contributed by atoms with van der Waals surface area (Å²) in [7, 11) is -3.54. The predicted molar refractivity (Wildman–Crippen MR) is 86.5 cm³/mol. The van der Waals surface area contributed by atoms with Gasteiger partial charge in [-0.1, -0.05) is 43.1 Å². The van der Waals surface area contributed by atoms with Gasteiger partial charge in [-0.15, -0.1) is 0 Å². The first kappa shape index (κ1) is 18.1. The number of amides is 1. The second kappa shape index (κ2) is 7.33. The number of hydrogen-bond donors (Lipinski definition) is 1. The highest BCUT2D eigenvalue weighted by Crippen LogP contribution is 2.33. The number of nitrogens with zero attached hydrogens (tertiary/aromatic N) is 1. The Morgan fingerprint density at radius 3 is 2.48 bits per heavy atom. The van der Waals surface area contributed by atoms with Gasteiger partial charge in [0.05, 0.1) is 28.5 Å². The minimum atomic E-state index is -3.54. The summed E-state index contributed by atoms with van der Waals surface area (Å²) >= 11 is 12.0. The van der Waals surface area contributed by atoms with Crippen LogP contribution in [0.25, 0.3) is 0 Å². The summed E-state index contributed by atoms with van der Waals surface area (Å²) in [6.07, 6.45) is 1.08. The molecule has 8 heteroatoms. The highest BCUT2D eigenvalue weighted by atomic mass is 35.5. The van der Waals surface area contributed by atoms with Gasteiger partial charge in [-0.2, -0.15) is 0 Å². The molecule has 0 atom stereocenters. The highest BCUT2D eigenvalue weighted by Gasteiger charge is 2.21. The van der Waals surface area contributed by atoms with Crippen molar-refractivity contribution in [3.63, 3.8) is 0 Å². The zero-order valence-electron chi connectivity index (χ0n) is 12.1. The Hall–Kier alpha value is -0.980. The molecular weight excluding hydrogens is 335 g/mol. The monoisotopic (exact) mass is 352 g/mol. The Balaban J connectivity index is 2.93. The van der Waals surface area contributed by atoms with E-state index in [1.807, 2.05) is 0 Å². The summed E-state index contributed by atoms with van der Waals surface area (Å²) in [6, 6.07) is 4.77. The number of halogens is 2. The van der Waals surface area contributed by atoms with E-state index in [9.17, 15) is 13.2 Å². The second-order valence-electron chi connectivity index (χ2n) is 4.85. The average Bonchev–Trinajstić information content (AvgIpc) is 2.37. The molecule has 1 N–H and O–H groups in total. The van der Waals surface area contributed by atoms with Crippen molar-refractivity contribution in [3.05, 3.63) is 28.2 Å². The lowest BCUT2D eigenvalue weighted by molar-refractivity contribution is -0.123. The molecule has 0 saturated carbocycles. The molecule has 118 valence electrons. The first-order valence-electron chi connectivity index (χ1n) is 6.34. The van der Waals surface area contributed by atoms with Crippen LogP contribution in [-0.4, -0.2) is 33.7 Å². The van der Waals surface area contributed by atoms with Crippen molar-refractivity contribution < 1.29 is 13.2 Å². The van der Waals surface area contributed by atoms with E-state index in [1.165, 1.54) is 0 Å². The van der Waals surface area contributed by atoms with Crippen molar-refractivity contribution in [2.75, 3.05) is 23.7 Å². The zero-order valence-corrected chi connectivity index (χ0v) is 14.4. The lowest BCUT2D eigenvalue weighted by atomic mass is 10.2. The van der Waals surface area contributed by atoms with Gasteiger partial charge in [0.2, 0.25) is 15.9 Å². The van der Waals surface area contributed by atoms with Gasteiger partial charge in [-0.3, -0.25) is 9.10 Å².